The van der Waals surface area contributed by atoms with E-state index in [1.165, 1.54) is 32.3 Å². The van der Waals surface area contributed by atoms with Crippen molar-refractivity contribution in [2.75, 3.05) is 4.90 Å². The highest BCUT2D eigenvalue weighted by molar-refractivity contribution is 6.30. The lowest BCUT2D eigenvalue weighted by atomic mass is 9.96. The zero-order chi connectivity index (χ0) is 27.8. The van der Waals surface area contributed by atoms with Crippen molar-refractivity contribution in [1.29, 1.82) is 0 Å². The zero-order valence-corrected chi connectivity index (χ0v) is 21.7. The molecule has 2 bridgehead atoms. The van der Waals surface area contributed by atoms with E-state index in [0.29, 0.717) is 18.7 Å². The van der Waals surface area contributed by atoms with E-state index < -0.39 is 35.5 Å². The Hall–Kier alpha value is -3.15. The fourth-order valence-electron chi connectivity index (χ4n) is 4.83. The molecule has 2 aromatic heterocycles. The molecule has 4 heterocycles. The van der Waals surface area contributed by atoms with Crippen molar-refractivity contribution >= 4 is 29.2 Å². The number of halogens is 5. The van der Waals surface area contributed by atoms with Crippen LogP contribution in [-0.4, -0.2) is 57.7 Å². The number of fused-ring (bicyclic) bond motifs is 2. The summed E-state index contributed by atoms with van der Waals surface area (Å²) in [6, 6.07) is 2.18. The van der Waals surface area contributed by atoms with Gasteiger partial charge >= 0.3 is 6.18 Å². The van der Waals surface area contributed by atoms with Gasteiger partial charge in [0.2, 0.25) is 0 Å². The highest BCUT2D eigenvalue weighted by Crippen LogP contribution is 2.39. The van der Waals surface area contributed by atoms with Gasteiger partial charge in [-0.3, -0.25) is 9.59 Å². The smallest absolute Gasteiger partial charge is 0.408 e. The molecule has 2 aromatic rings. The third kappa shape index (κ3) is 6.11. The summed E-state index contributed by atoms with van der Waals surface area (Å²) in [5.41, 5.74) is -1.35. The highest BCUT2D eigenvalue weighted by Gasteiger charge is 2.43. The maximum Gasteiger partial charge on any atom is 0.408 e. The number of alkyl halides is 3. The largest absolute Gasteiger partial charge is 0.459 e. The molecule has 13 heteroatoms. The first kappa shape index (κ1) is 27.9. The summed E-state index contributed by atoms with van der Waals surface area (Å²) in [7, 11) is 0. The van der Waals surface area contributed by atoms with Gasteiger partial charge in [0.05, 0.1) is 10.6 Å². The van der Waals surface area contributed by atoms with Crippen molar-refractivity contribution in [3.05, 3.63) is 47.0 Å². The van der Waals surface area contributed by atoms with Crippen LogP contribution < -0.4 is 20.3 Å². The van der Waals surface area contributed by atoms with E-state index in [0.717, 1.165) is 25.8 Å². The molecule has 0 aromatic carbocycles. The van der Waals surface area contributed by atoms with Gasteiger partial charge in [0.1, 0.15) is 11.9 Å². The van der Waals surface area contributed by atoms with Crippen LogP contribution in [-0.2, 0) is 4.79 Å². The SMILES string of the molecule is C[C@H](NC(=O)c1ccc(N2C3CCC2CC(NC(=O)C(C)(C)Oc2ncc(Cl)cc2F)C3)nc1)C(F)(F)F. The first-order valence-corrected chi connectivity index (χ1v) is 12.6. The van der Waals surface area contributed by atoms with E-state index in [9.17, 15) is 27.2 Å². The number of carbonyl (C=O) groups is 2. The van der Waals surface area contributed by atoms with Gasteiger partial charge in [-0.15, -0.1) is 0 Å². The van der Waals surface area contributed by atoms with Crippen LogP contribution in [0.1, 0.15) is 56.8 Å². The molecule has 2 N–H and O–H groups in total. The summed E-state index contributed by atoms with van der Waals surface area (Å²) in [6.07, 6.45) is 1.000. The summed E-state index contributed by atoms with van der Waals surface area (Å²) in [6.45, 7) is 3.93. The van der Waals surface area contributed by atoms with Crippen molar-refractivity contribution < 1.29 is 31.9 Å². The predicted molar refractivity (Wildman–Crippen MR) is 132 cm³/mol. The minimum Gasteiger partial charge on any atom is -0.459 e. The Kier molecular flexibility index (Phi) is 7.74. The average Bonchev–Trinajstić information content (AvgIpc) is 3.10. The first-order valence-electron chi connectivity index (χ1n) is 12.2. The Morgan fingerprint density at radius 1 is 1.13 bits per heavy atom. The Bertz CT molecular complexity index is 1180. The number of hydrogen-bond acceptors (Lipinski definition) is 6. The molecule has 38 heavy (non-hydrogen) atoms. The third-order valence-corrected chi connectivity index (χ3v) is 7.06. The molecule has 0 saturated carbocycles. The number of anilines is 1. The van der Waals surface area contributed by atoms with E-state index in [2.05, 4.69) is 20.2 Å². The quantitative estimate of drug-likeness (QED) is 0.489. The molecular weight excluding hydrogens is 530 g/mol. The molecule has 8 nitrogen and oxygen atoms in total. The van der Waals surface area contributed by atoms with Gasteiger partial charge in [-0.1, -0.05) is 11.6 Å². The van der Waals surface area contributed by atoms with Crippen molar-refractivity contribution in [3.8, 4) is 5.88 Å². The van der Waals surface area contributed by atoms with Crippen molar-refractivity contribution in [3.63, 3.8) is 0 Å². The number of amides is 2. The van der Waals surface area contributed by atoms with Crippen LogP contribution in [0.15, 0.2) is 30.6 Å². The Morgan fingerprint density at radius 2 is 1.79 bits per heavy atom. The molecule has 206 valence electrons. The molecule has 3 atom stereocenters. The van der Waals surface area contributed by atoms with Gasteiger partial charge in [-0.25, -0.2) is 14.4 Å². The Labute approximate surface area is 222 Å². The molecule has 2 amide bonds. The fourth-order valence-corrected chi connectivity index (χ4v) is 4.97. The number of aromatic nitrogens is 2. The molecule has 0 spiro atoms. The minimum atomic E-state index is -4.54. The maximum absolute atomic E-state index is 14.1. The van der Waals surface area contributed by atoms with E-state index >= 15 is 0 Å². The molecule has 0 radical (unpaired) electrons. The number of hydrogen-bond donors (Lipinski definition) is 2. The maximum atomic E-state index is 14.1. The summed E-state index contributed by atoms with van der Waals surface area (Å²) in [5, 5.41) is 5.04. The number of nitrogens with one attached hydrogen (secondary N) is 2. The van der Waals surface area contributed by atoms with Crippen molar-refractivity contribution in [2.24, 2.45) is 0 Å². The van der Waals surface area contributed by atoms with Crippen molar-refractivity contribution in [2.45, 2.75) is 82.4 Å². The number of carbonyl (C=O) groups excluding carboxylic acids is 2. The normalized spacial score (nSPS) is 22.1. The predicted octanol–water partition coefficient (Wildman–Crippen LogP) is 4.42. The van der Waals surface area contributed by atoms with Gasteiger partial charge in [-0.05, 0) is 64.7 Å². The van der Waals surface area contributed by atoms with E-state index in [1.807, 2.05) is 5.32 Å². The zero-order valence-electron chi connectivity index (χ0n) is 21.0. The van der Waals surface area contributed by atoms with Crippen LogP contribution in [0.25, 0.3) is 0 Å². The molecular formula is C25H28ClF4N5O3. The second-order valence-electron chi connectivity index (χ2n) is 10.1. The van der Waals surface area contributed by atoms with Gasteiger partial charge in [0.15, 0.2) is 11.4 Å². The molecule has 2 aliphatic heterocycles. The van der Waals surface area contributed by atoms with E-state index in [1.54, 1.807) is 6.07 Å². The third-order valence-electron chi connectivity index (χ3n) is 6.85. The molecule has 2 saturated heterocycles. The van der Waals surface area contributed by atoms with Crippen LogP contribution in [0.5, 0.6) is 5.88 Å². The molecule has 4 rings (SSSR count). The minimum absolute atomic E-state index is 0.0354. The average molecular weight is 558 g/mol. The van der Waals surface area contributed by atoms with E-state index in [-0.39, 0.29) is 34.6 Å². The number of nitrogens with zero attached hydrogens (tertiary/aromatic N) is 3. The number of rotatable bonds is 7. The van der Waals surface area contributed by atoms with Crippen LogP contribution in [0.4, 0.5) is 23.4 Å². The Balaban J connectivity index is 1.36. The van der Waals surface area contributed by atoms with Gasteiger partial charge in [0, 0.05) is 30.5 Å². The monoisotopic (exact) mass is 557 g/mol. The van der Waals surface area contributed by atoms with Gasteiger partial charge < -0.3 is 20.3 Å². The molecule has 2 fully saturated rings. The lowest BCUT2D eigenvalue weighted by Crippen LogP contribution is -2.55. The fraction of sp³-hybridized carbons (Fsp3) is 0.520. The van der Waals surface area contributed by atoms with Crippen LogP contribution >= 0.6 is 11.6 Å². The second-order valence-corrected chi connectivity index (χ2v) is 10.6. The van der Waals surface area contributed by atoms with Crippen molar-refractivity contribution in [1.82, 2.24) is 20.6 Å². The molecule has 2 aliphatic rings. The second kappa shape index (κ2) is 10.5. The lowest BCUT2D eigenvalue weighted by molar-refractivity contribution is -0.149. The lowest BCUT2D eigenvalue weighted by Gasteiger charge is -2.40. The molecule has 0 aliphatic carbocycles. The molecule has 2 unspecified atom stereocenters. The first-order chi connectivity index (χ1) is 17.7. The topological polar surface area (TPSA) is 96.5 Å². The van der Waals surface area contributed by atoms with E-state index in [4.69, 9.17) is 16.3 Å². The number of ether oxygens (including phenoxy) is 1. The standard InChI is InChI=1S/C25H28ClF4N5O3/c1-13(25(28,29)30)33-21(36)14-4-7-20(31-11-14)35-17-5-6-18(35)10-16(9-17)34-23(37)24(2,3)38-22-19(27)8-15(26)12-32-22/h4,7-8,11-13,16-18H,5-6,9-10H2,1-3H3,(H,33,36)(H,34,37)/t13-,16?,17?,18?/m0/s1. The highest BCUT2D eigenvalue weighted by atomic mass is 35.5. The number of piperidine rings is 1. The van der Waals surface area contributed by atoms with Crippen LogP contribution in [0.3, 0.4) is 0 Å². The van der Waals surface area contributed by atoms with Gasteiger partial charge in [0.25, 0.3) is 17.7 Å². The Morgan fingerprint density at radius 3 is 2.34 bits per heavy atom. The summed E-state index contributed by atoms with van der Waals surface area (Å²) < 4.78 is 57.9. The summed E-state index contributed by atoms with van der Waals surface area (Å²) in [4.78, 5) is 35.4. The summed E-state index contributed by atoms with van der Waals surface area (Å²) >= 11 is 5.72. The number of pyridine rings is 2. The van der Waals surface area contributed by atoms with Crippen LogP contribution in [0, 0.1) is 5.82 Å². The van der Waals surface area contributed by atoms with Gasteiger partial charge in [-0.2, -0.15) is 13.2 Å². The summed E-state index contributed by atoms with van der Waals surface area (Å²) in [5.74, 6) is -1.73. The van der Waals surface area contributed by atoms with Crippen LogP contribution in [0.2, 0.25) is 5.02 Å².